The molecule has 1 rings (SSSR count). The first-order valence-corrected chi connectivity index (χ1v) is 8.65. The highest BCUT2D eigenvalue weighted by atomic mass is 35.7. The molecule has 0 radical (unpaired) electrons. The predicted octanol–water partition coefficient (Wildman–Crippen LogP) is 5.74. The second-order valence-corrected chi connectivity index (χ2v) is 6.83. The van der Waals surface area contributed by atoms with E-state index in [-0.39, 0.29) is 0 Å². The average molecular weight is 300 g/mol. The maximum atomic E-state index is 12.0. The van der Waals surface area contributed by atoms with Gasteiger partial charge in [0, 0.05) is 12.5 Å². The van der Waals surface area contributed by atoms with Gasteiger partial charge in [0.15, 0.2) is 0 Å². The van der Waals surface area contributed by atoms with Gasteiger partial charge < -0.3 is 4.74 Å². The van der Waals surface area contributed by atoms with E-state index < -0.39 is 12.5 Å². The molecule has 2 nitrogen and oxygen atoms in total. The lowest BCUT2D eigenvalue weighted by molar-refractivity contribution is 0.191. The molecule has 0 heterocycles. The van der Waals surface area contributed by atoms with E-state index in [1.807, 2.05) is 58.0 Å². The lowest BCUT2D eigenvalue weighted by Crippen LogP contribution is -2.29. The number of ether oxygens (including phenoxy) is 1. The number of rotatable bonds is 6. The van der Waals surface area contributed by atoms with Gasteiger partial charge in [0.1, 0.15) is 5.75 Å². The van der Waals surface area contributed by atoms with E-state index in [4.69, 9.17) is 16.0 Å². The van der Waals surface area contributed by atoms with Crippen molar-refractivity contribution >= 4 is 18.4 Å². The van der Waals surface area contributed by atoms with Crippen LogP contribution in [0.2, 0.25) is 0 Å². The Kier molecular flexibility index (Phi) is 6.03. The molecule has 19 heavy (non-hydrogen) atoms. The largest absolute Gasteiger partial charge is 0.507 e. The van der Waals surface area contributed by atoms with Crippen LogP contribution in [0, 0.1) is 13.8 Å². The molecule has 0 saturated heterocycles. The molecule has 0 N–H and O–H groups in total. The molecule has 0 spiro atoms. The molecule has 4 heteroatoms. The minimum atomic E-state index is -2.00. The van der Waals surface area contributed by atoms with Crippen LogP contribution in [0.15, 0.2) is 30.4 Å². The summed E-state index contributed by atoms with van der Waals surface area (Å²) in [6, 6.07) is 5.95. The van der Waals surface area contributed by atoms with Crippen molar-refractivity contribution in [2.75, 3.05) is 0 Å². The van der Waals surface area contributed by atoms with Crippen LogP contribution < -0.4 is 4.74 Å². The van der Waals surface area contributed by atoms with Gasteiger partial charge in [-0.15, -0.1) is 0 Å². The Bertz CT molecular complexity index is 465. The van der Waals surface area contributed by atoms with Crippen LogP contribution in [0.3, 0.4) is 0 Å². The standard InChI is InChI=1S/C15H21ClO2P/c1-5-10-15(11-6-2,19(16)17)18-14-12(3)8-7-9-13(14)4/h5,7-10H,6,11H2,1-4H3/q+1/b10-5-. The summed E-state index contributed by atoms with van der Waals surface area (Å²) in [6.07, 6.45) is 5.14. The Morgan fingerprint density at radius 1 is 1.37 bits per heavy atom. The minimum absolute atomic E-state index is 0.629. The Morgan fingerprint density at radius 2 is 1.95 bits per heavy atom. The molecule has 0 bridgehead atoms. The van der Waals surface area contributed by atoms with E-state index in [0.717, 1.165) is 23.3 Å². The Balaban J connectivity index is 3.24. The molecule has 104 valence electrons. The van der Waals surface area contributed by atoms with Gasteiger partial charge in [0.25, 0.3) is 0 Å². The van der Waals surface area contributed by atoms with Crippen molar-refractivity contribution in [3.05, 3.63) is 41.5 Å². The summed E-state index contributed by atoms with van der Waals surface area (Å²) in [7, 11) is -2.00. The third-order valence-corrected chi connectivity index (χ3v) is 4.94. The highest BCUT2D eigenvalue weighted by molar-refractivity contribution is 7.75. The first kappa shape index (κ1) is 16.2. The van der Waals surface area contributed by atoms with E-state index in [2.05, 4.69) is 0 Å². The number of hydrogen-bond donors (Lipinski definition) is 0. The molecule has 0 aliphatic rings. The normalized spacial score (nSPS) is 15.3. The summed E-state index contributed by atoms with van der Waals surface area (Å²) >= 11 is 5.95. The van der Waals surface area contributed by atoms with Gasteiger partial charge in [-0.05, 0) is 42.9 Å². The lowest BCUT2D eigenvalue weighted by Gasteiger charge is -2.22. The highest BCUT2D eigenvalue weighted by Gasteiger charge is 2.49. The van der Waals surface area contributed by atoms with Gasteiger partial charge >= 0.3 is 12.5 Å². The second-order valence-electron chi connectivity index (χ2n) is 4.66. The summed E-state index contributed by atoms with van der Waals surface area (Å²) in [5.74, 6) is 0.776. The predicted molar refractivity (Wildman–Crippen MR) is 82.5 cm³/mol. The molecule has 0 aromatic heterocycles. The monoisotopic (exact) mass is 299 g/mol. The fourth-order valence-electron chi connectivity index (χ4n) is 2.11. The Labute approximate surface area is 121 Å². The van der Waals surface area contributed by atoms with Gasteiger partial charge in [-0.1, -0.05) is 31.2 Å². The van der Waals surface area contributed by atoms with Gasteiger partial charge in [0.2, 0.25) is 11.2 Å². The van der Waals surface area contributed by atoms with Crippen molar-refractivity contribution in [1.82, 2.24) is 0 Å². The Hall–Kier alpha value is -0.850. The van der Waals surface area contributed by atoms with E-state index in [0.29, 0.717) is 6.42 Å². The maximum Gasteiger partial charge on any atom is 0.507 e. The zero-order valence-electron chi connectivity index (χ0n) is 11.9. The van der Waals surface area contributed by atoms with E-state index in [1.54, 1.807) is 0 Å². The van der Waals surface area contributed by atoms with E-state index >= 15 is 0 Å². The average Bonchev–Trinajstić information content (AvgIpc) is 2.34. The van der Waals surface area contributed by atoms with Crippen molar-refractivity contribution in [1.29, 1.82) is 0 Å². The molecular formula is C15H21ClO2P+. The quantitative estimate of drug-likeness (QED) is 0.495. The first-order chi connectivity index (χ1) is 8.96. The summed E-state index contributed by atoms with van der Waals surface area (Å²) in [5.41, 5.74) is 2.05. The fraction of sp³-hybridized carbons (Fsp3) is 0.467. The molecular weight excluding hydrogens is 279 g/mol. The van der Waals surface area contributed by atoms with Crippen molar-refractivity contribution in [2.24, 2.45) is 0 Å². The number of halogens is 1. The van der Waals surface area contributed by atoms with Crippen LogP contribution in [-0.2, 0) is 4.57 Å². The molecule has 1 aromatic rings. The molecule has 0 aliphatic carbocycles. The van der Waals surface area contributed by atoms with Crippen LogP contribution in [0.5, 0.6) is 5.75 Å². The van der Waals surface area contributed by atoms with Crippen molar-refractivity contribution < 1.29 is 9.30 Å². The number of benzene rings is 1. The number of aryl methyl sites for hydroxylation is 2. The van der Waals surface area contributed by atoms with Crippen LogP contribution in [0.4, 0.5) is 0 Å². The first-order valence-electron chi connectivity index (χ1n) is 6.49. The molecule has 0 saturated carbocycles. The molecule has 0 aliphatic heterocycles. The zero-order chi connectivity index (χ0) is 14.5. The highest BCUT2D eigenvalue weighted by Crippen LogP contribution is 2.49. The molecule has 0 amide bonds. The second kappa shape index (κ2) is 7.07. The SMILES string of the molecule is C/C=C\C(CCC)(Oc1c(C)cccc1C)[P+](=O)Cl. The van der Waals surface area contributed by atoms with Gasteiger partial charge in [0.05, 0.1) is 0 Å². The van der Waals surface area contributed by atoms with E-state index in [9.17, 15) is 4.57 Å². The van der Waals surface area contributed by atoms with Gasteiger partial charge in [-0.25, -0.2) is 0 Å². The van der Waals surface area contributed by atoms with Crippen LogP contribution in [0.1, 0.15) is 37.8 Å². The number of hydrogen-bond acceptors (Lipinski definition) is 2. The molecule has 2 atom stereocenters. The topological polar surface area (TPSA) is 26.3 Å². The molecule has 1 aromatic carbocycles. The van der Waals surface area contributed by atoms with Gasteiger partial charge in [-0.2, -0.15) is 0 Å². The molecule has 2 unspecified atom stereocenters. The number of para-hydroxylation sites is 1. The van der Waals surface area contributed by atoms with Crippen molar-refractivity contribution in [3.63, 3.8) is 0 Å². The smallest absolute Gasteiger partial charge is 0.440 e. The third-order valence-electron chi connectivity index (χ3n) is 3.02. The van der Waals surface area contributed by atoms with Gasteiger partial charge in [-0.3, -0.25) is 0 Å². The number of allylic oxidation sites excluding steroid dienone is 1. The third kappa shape index (κ3) is 3.81. The minimum Gasteiger partial charge on any atom is -0.440 e. The van der Waals surface area contributed by atoms with Crippen LogP contribution in [-0.4, -0.2) is 5.34 Å². The maximum absolute atomic E-state index is 12.0. The fourth-order valence-corrected chi connectivity index (χ4v) is 3.46. The van der Waals surface area contributed by atoms with Crippen molar-refractivity contribution in [3.8, 4) is 5.75 Å². The van der Waals surface area contributed by atoms with Crippen molar-refractivity contribution in [2.45, 2.75) is 45.9 Å². The van der Waals surface area contributed by atoms with E-state index in [1.165, 1.54) is 0 Å². The summed E-state index contributed by atoms with van der Waals surface area (Å²) < 4.78 is 18.1. The van der Waals surface area contributed by atoms with Crippen LogP contribution >= 0.6 is 18.4 Å². The summed E-state index contributed by atoms with van der Waals surface area (Å²) in [4.78, 5) is 0. The lowest BCUT2D eigenvalue weighted by atomic mass is 10.1. The Morgan fingerprint density at radius 3 is 2.37 bits per heavy atom. The summed E-state index contributed by atoms with van der Waals surface area (Å²) in [5, 5.41) is -0.919. The van der Waals surface area contributed by atoms with Crippen LogP contribution in [0.25, 0.3) is 0 Å². The molecule has 0 fully saturated rings. The summed E-state index contributed by atoms with van der Waals surface area (Å²) in [6.45, 7) is 7.88. The zero-order valence-corrected chi connectivity index (χ0v) is 13.6.